The SMILES string of the molecule is O=C1C=CC2NCCC3CC=CC1C32. The molecule has 0 radical (unpaired) electrons. The lowest BCUT2D eigenvalue weighted by molar-refractivity contribution is -0.120. The van der Waals surface area contributed by atoms with Crippen LogP contribution in [0.15, 0.2) is 24.3 Å². The molecule has 4 atom stereocenters. The number of nitrogens with one attached hydrogen (secondary N) is 1. The zero-order chi connectivity index (χ0) is 9.54. The molecule has 74 valence electrons. The first-order valence-corrected chi connectivity index (χ1v) is 5.48. The molecule has 2 aliphatic carbocycles. The standard InChI is InChI=1S/C12H15NO/c14-11-5-4-10-12-8(6-7-13-10)2-1-3-9(11)12/h1,3-5,8-10,12-13H,2,6-7H2. The Morgan fingerprint density at radius 2 is 2.29 bits per heavy atom. The largest absolute Gasteiger partial charge is 0.310 e. The molecule has 0 saturated carbocycles. The average molecular weight is 189 g/mol. The van der Waals surface area contributed by atoms with Crippen LogP contribution in [0.3, 0.4) is 0 Å². The van der Waals surface area contributed by atoms with Crippen molar-refractivity contribution in [2.45, 2.75) is 18.9 Å². The number of ketones is 1. The molecule has 1 fully saturated rings. The molecule has 3 rings (SSSR count). The lowest BCUT2D eigenvalue weighted by Gasteiger charge is -2.44. The number of carbonyl (C=O) groups is 1. The quantitative estimate of drug-likeness (QED) is 0.582. The molecule has 2 nitrogen and oxygen atoms in total. The van der Waals surface area contributed by atoms with Gasteiger partial charge in [0.1, 0.15) is 0 Å². The van der Waals surface area contributed by atoms with Crippen molar-refractivity contribution in [3.63, 3.8) is 0 Å². The van der Waals surface area contributed by atoms with Crippen molar-refractivity contribution in [2.75, 3.05) is 6.54 Å². The fraction of sp³-hybridized carbons (Fsp3) is 0.583. The van der Waals surface area contributed by atoms with E-state index in [1.165, 1.54) is 12.8 Å². The summed E-state index contributed by atoms with van der Waals surface area (Å²) in [6.07, 6.45) is 10.5. The van der Waals surface area contributed by atoms with Crippen molar-refractivity contribution in [3.05, 3.63) is 24.3 Å². The summed E-state index contributed by atoms with van der Waals surface area (Å²) >= 11 is 0. The molecule has 0 aromatic rings. The Morgan fingerprint density at radius 1 is 1.36 bits per heavy atom. The van der Waals surface area contributed by atoms with E-state index in [-0.39, 0.29) is 5.92 Å². The van der Waals surface area contributed by atoms with Crippen molar-refractivity contribution in [2.24, 2.45) is 17.8 Å². The molecule has 1 aliphatic heterocycles. The van der Waals surface area contributed by atoms with Crippen molar-refractivity contribution < 1.29 is 4.79 Å². The van der Waals surface area contributed by atoms with Gasteiger partial charge < -0.3 is 5.32 Å². The number of allylic oxidation sites excluding steroid dienone is 3. The van der Waals surface area contributed by atoms with Crippen LogP contribution in [0.25, 0.3) is 0 Å². The molecule has 4 unspecified atom stereocenters. The molecule has 3 aliphatic rings. The zero-order valence-corrected chi connectivity index (χ0v) is 8.15. The van der Waals surface area contributed by atoms with Gasteiger partial charge in [-0.3, -0.25) is 4.79 Å². The maximum Gasteiger partial charge on any atom is 0.162 e. The summed E-state index contributed by atoms with van der Waals surface area (Å²) in [6, 6.07) is 0.446. The average Bonchev–Trinajstić information content (AvgIpc) is 2.24. The number of hydrogen-bond acceptors (Lipinski definition) is 2. The first-order chi connectivity index (χ1) is 6.86. The molecular formula is C12H15NO. The van der Waals surface area contributed by atoms with Gasteiger partial charge in [-0.25, -0.2) is 0 Å². The Labute approximate surface area is 84.1 Å². The van der Waals surface area contributed by atoms with Crippen LogP contribution in [-0.4, -0.2) is 18.4 Å². The second kappa shape index (κ2) is 3.06. The van der Waals surface area contributed by atoms with E-state index in [1.807, 2.05) is 0 Å². The highest BCUT2D eigenvalue weighted by Gasteiger charge is 2.42. The van der Waals surface area contributed by atoms with Gasteiger partial charge in [-0.15, -0.1) is 0 Å². The fourth-order valence-electron chi connectivity index (χ4n) is 3.17. The Balaban J connectivity index is 2.01. The Bertz CT molecular complexity index is 318. The smallest absolute Gasteiger partial charge is 0.162 e. The summed E-state index contributed by atoms with van der Waals surface area (Å²) in [5, 5.41) is 3.50. The highest BCUT2D eigenvalue weighted by molar-refractivity contribution is 5.94. The van der Waals surface area contributed by atoms with Crippen LogP contribution in [0.1, 0.15) is 12.8 Å². The molecule has 0 aromatic heterocycles. The molecule has 0 aromatic carbocycles. The molecule has 1 N–H and O–H groups in total. The number of carbonyl (C=O) groups excluding carboxylic acids is 1. The van der Waals surface area contributed by atoms with Crippen LogP contribution in [0, 0.1) is 17.8 Å². The zero-order valence-electron chi connectivity index (χ0n) is 8.15. The minimum absolute atomic E-state index is 0.163. The van der Waals surface area contributed by atoms with Gasteiger partial charge in [0.15, 0.2) is 5.78 Å². The van der Waals surface area contributed by atoms with Crippen LogP contribution < -0.4 is 5.32 Å². The van der Waals surface area contributed by atoms with E-state index in [1.54, 1.807) is 6.08 Å². The molecule has 1 saturated heterocycles. The van der Waals surface area contributed by atoms with Crippen molar-refractivity contribution in [1.82, 2.24) is 5.32 Å². The minimum atomic E-state index is 0.163. The third-order valence-corrected chi connectivity index (χ3v) is 3.85. The fourth-order valence-corrected chi connectivity index (χ4v) is 3.17. The Morgan fingerprint density at radius 3 is 3.21 bits per heavy atom. The van der Waals surface area contributed by atoms with Crippen molar-refractivity contribution in [1.29, 1.82) is 0 Å². The van der Waals surface area contributed by atoms with Gasteiger partial charge in [0.2, 0.25) is 0 Å². The maximum absolute atomic E-state index is 11.7. The summed E-state index contributed by atoms with van der Waals surface area (Å²) in [6.45, 7) is 1.10. The summed E-state index contributed by atoms with van der Waals surface area (Å²) in [7, 11) is 0. The highest BCUT2D eigenvalue weighted by Crippen LogP contribution is 2.40. The second-order valence-corrected chi connectivity index (χ2v) is 4.56. The monoisotopic (exact) mass is 189 g/mol. The van der Waals surface area contributed by atoms with Gasteiger partial charge in [-0.1, -0.05) is 18.2 Å². The highest BCUT2D eigenvalue weighted by atomic mass is 16.1. The summed E-state index contributed by atoms with van der Waals surface area (Å²) in [4.78, 5) is 11.7. The predicted octanol–water partition coefficient (Wildman–Crippen LogP) is 1.30. The molecule has 0 spiro atoms. The van der Waals surface area contributed by atoms with Gasteiger partial charge >= 0.3 is 0 Å². The van der Waals surface area contributed by atoms with Gasteiger partial charge in [0, 0.05) is 12.0 Å². The Kier molecular flexibility index (Phi) is 1.84. The van der Waals surface area contributed by atoms with Crippen LogP contribution in [-0.2, 0) is 4.79 Å². The van der Waals surface area contributed by atoms with E-state index in [4.69, 9.17) is 0 Å². The molecule has 0 amide bonds. The van der Waals surface area contributed by atoms with Crippen molar-refractivity contribution >= 4 is 5.78 Å². The van der Waals surface area contributed by atoms with Gasteiger partial charge in [-0.2, -0.15) is 0 Å². The first-order valence-electron chi connectivity index (χ1n) is 5.48. The lowest BCUT2D eigenvalue weighted by Crippen LogP contribution is -2.51. The molecule has 0 bridgehead atoms. The first kappa shape index (κ1) is 8.42. The Hall–Kier alpha value is -0.890. The predicted molar refractivity (Wildman–Crippen MR) is 54.8 cm³/mol. The normalized spacial score (nSPS) is 45.0. The van der Waals surface area contributed by atoms with E-state index in [9.17, 15) is 4.79 Å². The van der Waals surface area contributed by atoms with Gasteiger partial charge in [0.05, 0.1) is 0 Å². The number of hydrogen-bond donors (Lipinski definition) is 1. The molecule has 2 heteroatoms. The summed E-state index contributed by atoms with van der Waals surface area (Å²) < 4.78 is 0. The van der Waals surface area contributed by atoms with E-state index in [0.29, 0.717) is 17.7 Å². The molecular weight excluding hydrogens is 174 g/mol. The van der Waals surface area contributed by atoms with Crippen LogP contribution >= 0.6 is 0 Å². The lowest BCUT2D eigenvalue weighted by atomic mass is 9.65. The van der Waals surface area contributed by atoms with E-state index >= 15 is 0 Å². The van der Waals surface area contributed by atoms with Gasteiger partial charge in [-0.05, 0) is 37.3 Å². The maximum atomic E-state index is 11.7. The van der Waals surface area contributed by atoms with Crippen LogP contribution in [0.2, 0.25) is 0 Å². The summed E-state index contributed by atoms with van der Waals surface area (Å²) in [5.74, 6) is 1.73. The molecule has 14 heavy (non-hydrogen) atoms. The van der Waals surface area contributed by atoms with E-state index in [2.05, 4.69) is 23.5 Å². The minimum Gasteiger partial charge on any atom is -0.310 e. The topological polar surface area (TPSA) is 29.1 Å². The third-order valence-electron chi connectivity index (χ3n) is 3.85. The van der Waals surface area contributed by atoms with Crippen LogP contribution in [0.4, 0.5) is 0 Å². The number of piperidine rings is 1. The number of rotatable bonds is 0. The van der Waals surface area contributed by atoms with Crippen LogP contribution in [0.5, 0.6) is 0 Å². The van der Waals surface area contributed by atoms with Crippen molar-refractivity contribution in [3.8, 4) is 0 Å². The van der Waals surface area contributed by atoms with Gasteiger partial charge in [0.25, 0.3) is 0 Å². The summed E-state index contributed by atoms with van der Waals surface area (Å²) in [5.41, 5.74) is 0. The van der Waals surface area contributed by atoms with E-state index in [0.717, 1.165) is 12.5 Å². The molecule has 1 heterocycles. The second-order valence-electron chi connectivity index (χ2n) is 4.56. The van der Waals surface area contributed by atoms with E-state index < -0.39 is 0 Å². The third kappa shape index (κ3) is 1.10.